The van der Waals surface area contributed by atoms with Crippen molar-refractivity contribution in [1.82, 2.24) is 9.88 Å². The van der Waals surface area contributed by atoms with Gasteiger partial charge >= 0.3 is 0 Å². The van der Waals surface area contributed by atoms with Gasteiger partial charge in [0.15, 0.2) is 5.17 Å². The number of rotatable bonds is 2. The quantitative estimate of drug-likeness (QED) is 0.438. The van der Waals surface area contributed by atoms with Crippen LogP contribution in [0.15, 0.2) is 15.9 Å². The average Bonchev–Trinajstić information content (AvgIpc) is 2.66. The number of thiazole rings is 1. The lowest BCUT2D eigenvalue weighted by molar-refractivity contribution is 0.504. The van der Waals surface area contributed by atoms with Gasteiger partial charge in [0.1, 0.15) is 0 Å². The molecular formula is C8H10N4S2. The zero-order valence-corrected chi connectivity index (χ0v) is 9.60. The highest BCUT2D eigenvalue weighted by atomic mass is 32.2. The Bertz CT molecular complexity index is 339. The second-order valence-corrected chi connectivity index (χ2v) is 4.03. The molecule has 0 amide bonds. The highest BCUT2D eigenvalue weighted by Gasteiger charge is 2.06. The molecule has 1 rings (SSSR count). The monoisotopic (exact) mass is 226 g/mol. The molecule has 0 radical (unpaired) electrons. The van der Waals surface area contributed by atoms with Gasteiger partial charge in [-0.1, -0.05) is 11.8 Å². The number of amidine groups is 1. The van der Waals surface area contributed by atoms with Crippen LogP contribution in [0.3, 0.4) is 0 Å². The summed E-state index contributed by atoms with van der Waals surface area (Å²) in [4.78, 5) is 9.78. The topological polar surface area (TPSA) is 52.3 Å². The third kappa shape index (κ3) is 3.01. The van der Waals surface area contributed by atoms with Crippen molar-refractivity contribution in [2.45, 2.75) is 6.54 Å². The number of nitriles is 1. The van der Waals surface area contributed by atoms with E-state index in [9.17, 15) is 0 Å². The Labute approximate surface area is 91.3 Å². The van der Waals surface area contributed by atoms with Gasteiger partial charge < -0.3 is 4.90 Å². The molecule has 0 aromatic carbocycles. The molecule has 14 heavy (non-hydrogen) atoms. The first-order valence-corrected chi connectivity index (χ1v) is 6.03. The first-order valence-electron chi connectivity index (χ1n) is 3.87. The number of aromatic nitrogens is 1. The molecule has 6 heteroatoms. The molecule has 74 valence electrons. The van der Waals surface area contributed by atoms with Crippen LogP contribution in [0.25, 0.3) is 0 Å². The summed E-state index contributed by atoms with van der Waals surface area (Å²) in [5, 5.41) is 11.1. The number of hydrogen-bond donors (Lipinski definition) is 0. The summed E-state index contributed by atoms with van der Waals surface area (Å²) < 4.78 is 0. The Morgan fingerprint density at radius 3 is 3.14 bits per heavy atom. The predicted octanol–water partition coefficient (Wildman–Crippen LogP) is 1.77. The van der Waals surface area contributed by atoms with Crippen LogP contribution < -0.4 is 0 Å². The molecule has 0 atom stereocenters. The number of hydrogen-bond acceptors (Lipinski definition) is 5. The Hall–Kier alpha value is -1.06. The van der Waals surface area contributed by atoms with Crippen molar-refractivity contribution in [3.63, 3.8) is 0 Å². The van der Waals surface area contributed by atoms with Crippen molar-refractivity contribution in [2.75, 3.05) is 13.3 Å². The number of aliphatic imine (C=N–C) groups is 1. The van der Waals surface area contributed by atoms with Crippen LogP contribution >= 0.6 is 23.1 Å². The highest BCUT2D eigenvalue weighted by Crippen LogP contribution is 2.09. The second-order valence-electron chi connectivity index (χ2n) is 2.53. The van der Waals surface area contributed by atoms with Crippen LogP contribution in [0, 0.1) is 11.5 Å². The molecule has 0 aliphatic heterocycles. The van der Waals surface area contributed by atoms with E-state index in [0.29, 0.717) is 11.7 Å². The number of thioether (sulfide) groups is 1. The van der Waals surface area contributed by atoms with Gasteiger partial charge in [0, 0.05) is 12.4 Å². The Kier molecular flexibility index (Phi) is 4.43. The van der Waals surface area contributed by atoms with E-state index in [1.54, 1.807) is 23.0 Å². The van der Waals surface area contributed by atoms with E-state index < -0.39 is 0 Å². The third-order valence-corrected chi connectivity index (χ3v) is 2.94. The molecule has 0 N–H and O–H groups in total. The molecular weight excluding hydrogens is 216 g/mol. The summed E-state index contributed by atoms with van der Waals surface area (Å²) in [6.45, 7) is 0.685. The Morgan fingerprint density at radius 1 is 1.86 bits per heavy atom. The van der Waals surface area contributed by atoms with Gasteiger partial charge in [-0.2, -0.15) is 5.26 Å². The third-order valence-electron chi connectivity index (χ3n) is 1.54. The van der Waals surface area contributed by atoms with E-state index >= 15 is 0 Å². The fraction of sp³-hybridized carbons (Fsp3) is 0.375. The summed E-state index contributed by atoms with van der Waals surface area (Å²) in [5.74, 6) is 0. The minimum Gasteiger partial charge on any atom is -0.348 e. The van der Waals surface area contributed by atoms with Gasteiger partial charge in [-0.05, 0) is 6.26 Å². The zero-order valence-electron chi connectivity index (χ0n) is 7.97. The molecule has 4 nitrogen and oxygen atoms in total. The van der Waals surface area contributed by atoms with E-state index in [0.717, 1.165) is 5.69 Å². The maximum absolute atomic E-state index is 8.45. The molecule has 1 heterocycles. The minimum atomic E-state index is 0.685. The molecule has 0 saturated heterocycles. The highest BCUT2D eigenvalue weighted by molar-refractivity contribution is 8.13. The smallest absolute Gasteiger partial charge is 0.208 e. The second kappa shape index (κ2) is 5.62. The van der Waals surface area contributed by atoms with Gasteiger partial charge in [0.2, 0.25) is 6.19 Å². The largest absolute Gasteiger partial charge is 0.348 e. The predicted molar refractivity (Wildman–Crippen MR) is 60.1 cm³/mol. The van der Waals surface area contributed by atoms with Gasteiger partial charge in [-0.3, -0.25) is 0 Å². The molecule has 0 spiro atoms. The standard InChI is InChI=1S/C8H10N4S2/c1-12(8(13-2)10-5-9)3-7-4-14-6-11-7/h4,6H,3H2,1-2H3. The first-order chi connectivity index (χ1) is 6.77. The number of nitrogens with zero attached hydrogens (tertiary/aromatic N) is 4. The van der Waals surface area contributed by atoms with E-state index in [1.165, 1.54) is 11.8 Å². The van der Waals surface area contributed by atoms with Crippen molar-refractivity contribution >= 4 is 28.3 Å². The molecule has 0 aliphatic carbocycles. The van der Waals surface area contributed by atoms with Crippen LogP contribution in [0.5, 0.6) is 0 Å². The molecule has 0 bridgehead atoms. The maximum Gasteiger partial charge on any atom is 0.208 e. The molecule has 0 fully saturated rings. The minimum absolute atomic E-state index is 0.685. The maximum atomic E-state index is 8.45. The van der Waals surface area contributed by atoms with Crippen molar-refractivity contribution < 1.29 is 0 Å². The van der Waals surface area contributed by atoms with E-state index in [2.05, 4.69) is 9.98 Å². The van der Waals surface area contributed by atoms with Gasteiger partial charge in [-0.15, -0.1) is 16.3 Å². The van der Waals surface area contributed by atoms with Crippen molar-refractivity contribution in [2.24, 2.45) is 4.99 Å². The molecule has 0 saturated carbocycles. The Morgan fingerprint density at radius 2 is 2.64 bits per heavy atom. The van der Waals surface area contributed by atoms with Gasteiger partial charge in [-0.25, -0.2) is 4.98 Å². The summed E-state index contributed by atoms with van der Waals surface area (Å²) in [5.41, 5.74) is 2.79. The van der Waals surface area contributed by atoms with Crippen LogP contribution in [0.1, 0.15) is 5.69 Å². The normalized spacial score (nSPS) is 11.1. The van der Waals surface area contributed by atoms with Gasteiger partial charge in [0.25, 0.3) is 0 Å². The summed E-state index contributed by atoms with van der Waals surface area (Å²) in [6, 6.07) is 0. The van der Waals surface area contributed by atoms with Gasteiger partial charge in [0.05, 0.1) is 17.7 Å². The molecule has 0 aliphatic rings. The fourth-order valence-electron chi connectivity index (χ4n) is 0.956. The first kappa shape index (κ1) is 11.0. The molecule has 1 aromatic rings. The van der Waals surface area contributed by atoms with Crippen molar-refractivity contribution in [3.8, 4) is 6.19 Å². The van der Waals surface area contributed by atoms with E-state index in [1.807, 2.05) is 23.6 Å². The molecule has 1 aromatic heterocycles. The van der Waals surface area contributed by atoms with Crippen LogP contribution in [-0.4, -0.2) is 28.4 Å². The summed E-state index contributed by atoms with van der Waals surface area (Å²) in [6.07, 6.45) is 3.68. The zero-order chi connectivity index (χ0) is 10.4. The summed E-state index contributed by atoms with van der Waals surface area (Å²) >= 11 is 3.02. The lowest BCUT2D eigenvalue weighted by Crippen LogP contribution is -2.23. The molecule has 0 unspecified atom stereocenters. The van der Waals surface area contributed by atoms with Crippen LogP contribution in [-0.2, 0) is 6.54 Å². The van der Waals surface area contributed by atoms with E-state index in [4.69, 9.17) is 5.26 Å². The lowest BCUT2D eigenvalue weighted by atomic mass is 10.5. The van der Waals surface area contributed by atoms with Crippen LogP contribution in [0.2, 0.25) is 0 Å². The van der Waals surface area contributed by atoms with Crippen molar-refractivity contribution in [1.29, 1.82) is 5.26 Å². The van der Waals surface area contributed by atoms with Crippen molar-refractivity contribution in [3.05, 3.63) is 16.6 Å². The average molecular weight is 226 g/mol. The Balaban J connectivity index is 2.62. The van der Waals surface area contributed by atoms with Crippen LogP contribution in [0.4, 0.5) is 0 Å². The van der Waals surface area contributed by atoms with E-state index in [-0.39, 0.29) is 0 Å². The summed E-state index contributed by atoms with van der Waals surface area (Å²) in [7, 11) is 1.89. The fourth-order valence-corrected chi connectivity index (χ4v) is 2.01. The lowest BCUT2D eigenvalue weighted by Gasteiger charge is -2.16. The SMILES string of the molecule is CSC(=NC#N)N(C)Cc1cscn1.